The lowest BCUT2D eigenvalue weighted by molar-refractivity contribution is 0.0696. The van der Waals surface area contributed by atoms with Gasteiger partial charge < -0.3 is 5.11 Å². The van der Waals surface area contributed by atoms with Crippen LogP contribution in [0.3, 0.4) is 0 Å². The number of aromatic nitrogens is 3. The molecule has 100 valence electrons. The van der Waals surface area contributed by atoms with Crippen LogP contribution in [-0.2, 0) is 0 Å². The molecular formula is C13H7ClFN3O2. The van der Waals surface area contributed by atoms with Gasteiger partial charge in [-0.2, -0.15) is 0 Å². The number of nitrogens with zero attached hydrogens (tertiary/aromatic N) is 3. The van der Waals surface area contributed by atoms with E-state index in [9.17, 15) is 9.18 Å². The number of pyridine rings is 1. The third kappa shape index (κ3) is 2.00. The maximum atomic E-state index is 12.9. The van der Waals surface area contributed by atoms with Crippen LogP contribution >= 0.6 is 11.6 Å². The standard InChI is InChI=1S/C13H7ClFN3O2/c14-10-5-8(13(19)20)6-18-11(16-17-12(10)18)7-1-3-9(15)4-2-7/h1-6H,(H,19,20). The van der Waals surface area contributed by atoms with Crippen LogP contribution in [-0.4, -0.2) is 25.7 Å². The van der Waals surface area contributed by atoms with Crippen molar-refractivity contribution in [2.45, 2.75) is 0 Å². The van der Waals surface area contributed by atoms with Crippen molar-refractivity contribution < 1.29 is 14.3 Å². The van der Waals surface area contributed by atoms with E-state index in [1.54, 1.807) is 0 Å². The Balaban J connectivity index is 2.26. The third-order valence-corrected chi connectivity index (χ3v) is 3.09. The second-order valence-electron chi connectivity index (χ2n) is 4.11. The maximum Gasteiger partial charge on any atom is 0.337 e. The van der Waals surface area contributed by atoms with Crippen molar-refractivity contribution in [2.24, 2.45) is 0 Å². The zero-order chi connectivity index (χ0) is 14.3. The molecule has 0 saturated heterocycles. The molecule has 0 spiro atoms. The van der Waals surface area contributed by atoms with Crippen molar-refractivity contribution >= 4 is 23.2 Å². The Labute approximate surface area is 117 Å². The molecule has 0 radical (unpaired) electrons. The van der Waals surface area contributed by atoms with E-state index >= 15 is 0 Å². The summed E-state index contributed by atoms with van der Waals surface area (Å²) in [7, 11) is 0. The summed E-state index contributed by atoms with van der Waals surface area (Å²) in [6.07, 6.45) is 1.38. The van der Waals surface area contributed by atoms with Crippen molar-refractivity contribution in [1.82, 2.24) is 14.6 Å². The van der Waals surface area contributed by atoms with Gasteiger partial charge in [-0.15, -0.1) is 10.2 Å². The topological polar surface area (TPSA) is 67.5 Å². The minimum atomic E-state index is -1.10. The Morgan fingerprint density at radius 2 is 1.95 bits per heavy atom. The molecule has 0 aliphatic carbocycles. The highest BCUT2D eigenvalue weighted by atomic mass is 35.5. The zero-order valence-corrected chi connectivity index (χ0v) is 10.7. The molecular weight excluding hydrogens is 285 g/mol. The molecule has 2 heterocycles. The zero-order valence-electron chi connectivity index (χ0n) is 9.92. The van der Waals surface area contributed by atoms with Crippen LogP contribution in [0.4, 0.5) is 4.39 Å². The molecule has 0 aliphatic heterocycles. The molecule has 0 bridgehead atoms. The molecule has 5 nitrogen and oxygen atoms in total. The van der Waals surface area contributed by atoms with Gasteiger partial charge in [0.15, 0.2) is 11.5 Å². The van der Waals surface area contributed by atoms with E-state index in [1.165, 1.54) is 40.9 Å². The molecule has 0 unspecified atom stereocenters. The number of carboxylic acids is 1. The fourth-order valence-electron chi connectivity index (χ4n) is 1.87. The molecule has 1 aromatic carbocycles. The molecule has 20 heavy (non-hydrogen) atoms. The number of carboxylic acid groups (broad SMARTS) is 1. The molecule has 0 aliphatic rings. The molecule has 0 fully saturated rings. The third-order valence-electron chi connectivity index (χ3n) is 2.81. The van der Waals surface area contributed by atoms with Crippen LogP contribution in [0.5, 0.6) is 0 Å². The Morgan fingerprint density at radius 1 is 1.25 bits per heavy atom. The average molecular weight is 292 g/mol. The van der Waals surface area contributed by atoms with Crippen LogP contribution in [0.15, 0.2) is 36.5 Å². The van der Waals surface area contributed by atoms with Crippen molar-refractivity contribution in [2.75, 3.05) is 0 Å². The Hall–Kier alpha value is -2.47. The number of hydrogen-bond acceptors (Lipinski definition) is 3. The molecule has 3 rings (SSSR count). The van der Waals surface area contributed by atoms with Crippen molar-refractivity contribution in [3.63, 3.8) is 0 Å². The fourth-order valence-corrected chi connectivity index (χ4v) is 2.11. The summed E-state index contributed by atoms with van der Waals surface area (Å²) >= 11 is 5.99. The number of hydrogen-bond donors (Lipinski definition) is 1. The van der Waals surface area contributed by atoms with Crippen molar-refractivity contribution in [3.8, 4) is 11.4 Å². The number of fused-ring (bicyclic) bond motifs is 1. The van der Waals surface area contributed by atoms with E-state index in [0.29, 0.717) is 17.0 Å². The molecule has 7 heteroatoms. The first-order chi connectivity index (χ1) is 9.56. The average Bonchev–Trinajstić information content (AvgIpc) is 2.84. The number of carbonyl (C=O) groups is 1. The largest absolute Gasteiger partial charge is 0.478 e. The minimum absolute atomic E-state index is 0.0191. The second-order valence-corrected chi connectivity index (χ2v) is 4.51. The molecule has 0 atom stereocenters. The Morgan fingerprint density at radius 3 is 2.60 bits per heavy atom. The first-order valence-corrected chi connectivity index (χ1v) is 5.97. The lowest BCUT2D eigenvalue weighted by Gasteiger charge is -2.03. The lowest BCUT2D eigenvalue weighted by Crippen LogP contribution is -2.00. The number of benzene rings is 1. The van der Waals surface area contributed by atoms with E-state index in [2.05, 4.69) is 10.2 Å². The van der Waals surface area contributed by atoms with Gasteiger partial charge in [-0.05, 0) is 30.3 Å². The van der Waals surface area contributed by atoms with E-state index in [0.717, 1.165) is 0 Å². The highest BCUT2D eigenvalue weighted by molar-refractivity contribution is 6.33. The summed E-state index contributed by atoms with van der Waals surface area (Å²) in [5.74, 6) is -1.08. The van der Waals surface area contributed by atoms with E-state index in [4.69, 9.17) is 16.7 Å². The summed E-state index contributed by atoms with van der Waals surface area (Å²) in [5.41, 5.74) is 0.971. The van der Waals surface area contributed by atoms with Gasteiger partial charge in [0.25, 0.3) is 0 Å². The fraction of sp³-hybridized carbons (Fsp3) is 0. The molecule has 2 aromatic heterocycles. The van der Waals surface area contributed by atoms with E-state index in [1.807, 2.05) is 0 Å². The predicted octanol–water partition coefficient (Wildman–Crippen LogP) is 2.89. The SMILES string of the molecule is O=C(O)c1cc(Cl)c2nnc(-c3ccc(F)cc3)n2c1. The number of halogens is 2. The van der Waals surface area contributed by atoms with E-state index < -0.39 is 5.97 Å². The molecule has 0 amide bonds. The summed E-state index contributed by atoms with van der Waals surface area (Å²) in [6, 6.07) is 6.96. The Kier molecular flexibility index (Phi) is 2.87. The van der Waals surface area contributed by atoms with Gasteiger partial charge in [0.1, 0.15) is 5.82 Å². The van der Waals surface area contributed by atoms with Crippen molar-refractivity contribution in [1.29, 1.82) is 0 Å². The highest BCUT2D eigenvalue weighted by Gasteiger charge is 2.14. The van der Waals surface area contributed by atoms with Gasteiger partial charge in [0.2, 0.25) is 0 Å². The highest BCUT2D eigenvalue weighted by Crippen LogP contribution is 2.24. The quantitative estimate of drug-likeness (QED) is 0.788. The summed E-state index contributed by atoms with van der Waals surface area (Å²) in [4.78, 5) is 11.0. The van der Waals surface area contributed by atoms with Crippen LogP contribution < -0.4 is 0 Å². The molecule has 1 N–H and O–H groups in total. The smallest absolute Gasteiger partial charge is 0.337 e. The van der Waals surface area contributed by atoms with Gasteiger partial charge >= 0.3 is 5.97 Å². The lowest BCUT2D eigenvalue weighted by atomic mass is 10.2. The Bertz CT molecular complexity index is 814. The number of rotatable bonds is 2. The van der Waals surface area contributed by atoms with Crippen LogP contribution in [0.2, 0.25) is 5.02 Å². The molecule has 3 aromatic rings. The van der Waals surface area contributed by atoms with Crippen LogP contribution in [0.1, 0.15) is 10.4 Å². The van der Waals surface area contributed by atoms with Gasteiger partial charge in [0.05, 0.1) is 10.6 Å². The van der Waals surface area contributed by atoms with Gasteiger partial charge in [0, 0.05) is 11.8 Å². The van der Waals surface area contributed by atoms with Gasteiger partial charge in [-0.3, -0.25) is 4.40 Å². The monoisotopic (exact) mass is 291 g/mol. The van der Waals surface area contributed by atoms with Crippen LogP contribution in [0, 0.1) is 5.82 Å². The van der Waals surface area contributed by atoms with Gasteiger partial charge in [-0.25, -0.2) is 9.18 Å². The maximum absolute atomic E-state index is 12.9. The summed E-state index contributed by atoms with van der Waals surface area (Å²) < 4.78 is 14.4. The van der Waals surface area contributed by atoms with Gasteiger partial charge in [-0.1, -0.05) is 11.6 Å². The van der Waals surface area contributed by atoms with E-state index in [-0.39, 0.29) is 16.4 Å². The predicted molar refractivity (Wildman–Crippen MR) is 70.4 cm³/mol. The second kappa shape index (κ2) is 4.57. The minimum Gasteiger partial charge on any atom is -0.478 e. The summed E-state index contributed by atoms with van der Waals surface area (Å²) in [6.45, 7) is 0. The summed E-state index contributed by atoms with van der Waals surface area (Å²) in [5, 5.41) is 17.1. The normalized spacial score (nSPS) is 10.9. The number of aromatic carboxylic acids is 1. The molecule has 0 saturated carbocycles. The first-order valence-electron chi connectivity index (χ1n) is 5.60. The van der Waals surface area contributed by atoms with Crippen LogP contribution in [0.25, 0.3) is 17.0 Å². The van der Waals surface area contributed by atoms with Crippen molar-refractivity contribution in [3.05, 3.63) is 52.9 Å². The first kappa shape index (κ1) is 12.6.